The average molecular weight is 146 g/mol. The molecule has 0 aromatic rings. The molecule has 0 radical (unpaired) electrons. The van der Waals surface area contributed by atoms with Crippen molar-refractivity contribution in [3.8, 4) is 0 Å². The fraction of sp³-hybridized carbons (Fsp3) is 0.636. The van der Waals surface area contributed by atoms with Crippen LogP contribution in [0.15, 0.2) is 23.3 Å². The summed E-state index contributed by atoms with van der Waals surface area (Å²) in [6.45, 7) is 4.54. The molecule has 58 valence electrons. The van der Waals surface area contributed by atoms with Crippen molar-refractivity contribution < 1.29 is 0 Å². The van der Waals surface area contributed by atoms with E-state index in [9.17, 15) is 0 Å². The molecule has 2 bridgehead atoms. The minimum absolute atomic E-state index is 0.870. The van der Waals surface area contributed by atoms with Crippen LogP contribution in [0.5, 0.6) is 0 Å². The van der Waals surface area contributed by atoms with Crippen molar-refractivity contribution in [3.63, 3.8) is 0 Å². The first-order valence-corrected chi connectivity index (χ1v) is 4.64. The van der Waals surface area contributed by atoms with E-state index < -0.39 is 0 Å². The van der Waals surface area contributed by atoms with E-state index in [0.717, 1.165) is 23.7 Å². The molecule has 4 atom stereocenters. The molecule has 0 saturated heterocycles. The lowest BCUT2D eigenvalue weighted by molar-refractivity contribution is 0.665. The van der Waals surface area contributed by atoms with E-state index >= 15 is 0 Å². The standard InChI is InChI=1S/C11H14/c1-6(2)11-7-3-4-8(11)10-5-9(7)10/h3-4,7-10H,5H2,1-2H3. The first-order chi connectivity index (χ1) is 5.29. The lowest BCUT2D eigenvalue weighted by atomic mass is 9.94. The highest BCUT2D eigenvalue weighted by Crippen LogP contribution is 2.65. The van der Waals surface area contributed by atoms with Gasteiger partial charge in [-0.05, 0) is 32.1 Å². The normalized spacial score (nSPS) is 49.8. The Balaban J connectivity index is 2.11. The summed E-state index contributed by atoms with van der Waals surface area (Å²) in [4.78, 5) is 0. The third-order valence-electron chi connectivity index (χ3n) is 3.64. The van der Waals surface area contributed by atoms with Crippen molar-refractivity contribution in [2.75, 3.05) is 0 Å². The van der Waals surface area contributed by atoms with Gasteiger partial charge in [0.15, 0.2) is 0 Å². The fourth-order valence-electron chi connectivity index (χ4n) is 3.14. The third kappa shape index (κ3) is 0.571. The maximum Gasteiger partial charge on any atom is 0.00168 e. The van der Waals surface area contributed by atoms with Gasteiger partial charge in [0.1, 0.15) is 0 Å². The smallest absolute Gasteiger partial charge is 0.00168 e. The molecule has 0 heterocycles. The topological polar surface area (TPSA) is 0 Å². The molecule has 0 N–H and O–H groups in total. The molecule has 0 spiro atoms. The zero-order chi connectivity index (χ0) is 7.59. The van der Waals surface area contributed by atoms with Crippen molar-refractivity contribution in [2.24, 2.45) is 23.7 Å². The molecule has 11 heavy (non-hydrogen) atoms. The minimum Gasteiger partial charge on any atom is -0.0804 e. The predicted octanol–water partition coefficient (Wildman–Crippen LogP) is 2.77. The van der Waals surface area contributed by atoms with Crippen molar-refractivity contribution in [3.05, 3.63) is 23.3 Å². The van der Waals surface area contributed by atoms with Crippen LogP contribution in [0.2, 0.25) is 0 Å². The van der Waals surface area contributed by atoms with Gasteiger partial charge in [0.25, 0.3) is 0 Å². The molecule has 0 aromatic heterocycles. The molecule has 0 nitrogen and oxygen atoms in total. The van der Waals surface area contributed by atoms with Crippen molar-refractivity contribution in [1.82, 2.24) is 0 Å². The van der Waals surface area contributed by atoms with Crippen LogP contribution < -0.4 is 0 Å². The Bertz CT molecular complexity index is 246. The van der Waals surface area contributed by atoms with Crippen LogP contribution in [0.4, 0.5) is 0 Å². The Kier molecular flexibility index (Phi) is 0.894. The quantitative estimate of drug-likeness (QED) is 0.461. The molecule has 3 aliphatic carbocycles. The van der Waals surface area contributed by atoms with Gasteiger partial charge < -0.3 is 0 Å². The van der Waals surface area contributed by atoms with E-state index in [1.807, 2.05) is 0 Å². The van der Waals surface area contributed by atoms with Gasteiger partial charge in [0.05, 0.1) is 0 Å². The maximum absolute atomic E-state index is 2.45. The average Bonchev–Trinajstić information content (AvgIpc) is 2.58. The first-order valence-electron chi connectivity index (χ1n) is 4.64. The Labute approximate surface area is 68.0 Å². The predicted molar refractivity (Wildman–Crippen MR) is 46.1 cm³/mol. The molecule has 2 fully saturated rings. The minimum atomic E-state index is 0.870. The number of hydrogen-bond donors (Lipinski definition) is 0. The molecule has 0 heteroatoms. The summed E-state index contributed by atoms with van der Waals surface area (Å²) in [5.74, 6) is 3.87. The molecule has 0 amide bonds. The molecular weight excluding hydrogens is 132 g/mol. The highest BCUT2D eigenvalue weighted by Gasteiger charge is 2.57. The number of hydrogen-bond acceptors (Lipinski definition) is 0. The molecule has 4 unspecified atom stereocenters. The molecule has 0 aliphatic heterocycles. The maximum atomic E-state index is 2.45. The summed E-state index contributed by atoms with van der Waals surface area (Å²) in [5, 5.41) is 0. The highest BCUT2D eigenvalue weighted by molar-refractivity contribution is 5.41. The number of allylic oxidation sites excluding steroid dienone is 4. The van der Waals surface area contributed by atoms with Crippen LogP contribution in [-0.2, 0) is 0 Å². The summed E-state index contributed by atoms with van der Waals surface area (Å²) in [6.07, 6.45) is 6.40. The van der Waals surface area contributed by atoms with Gasteiger partial charge in [-0.2, -0.15) is 0 Å². The largest absolute Gasteiger partial charge is 0.0804 e. The van der Waals surface area contributed by atoms with Crippen LogP contribution in [0.25, 0.3) is 0 Å². The zero-order valence-corrected chi connectivity index (χ0v) is 7.17. The van der Waals surface area contributed by atoms with Gasteiger partial charge in [-0.1, -0.05) is 23.3 Å². The van der Waals surface area contributed by atoms with Crippen LogP contribution in [0.3, 0.4) is 0 Å². The first kappa shape index (κ1) is 6.05. The highest BCUT2D eigenvalue weighted by atomic mass is 14.6. The van der Waals surface area contributed by atoms with Gasteiger partial charge in [-0.3, -0.25) is 0 Å². The van der Waals surface area contributed by atoms with Crippen LogP contribution in [0, 0.1) is 23.7 Å². The number of fused-ring (bicyclic) bond motifs is 5. The van der Waals surface area contributed by atoms with E-state index in [0.29, 0.717) is 0 Å². The van der Waals surface area contributed by atoms with Gasteiger partial charge in [-0.25, -0.2) is 0 Å². The zero-order valence-electron chi connectivity index (χ0n) is 7.17. The molecule has 0 aromatic carbocycles. The third-order valence-corrected chi connectivity index (χ3v) is 3.64. The van der Waals surface area contributed by atoms with Crippen molar-refractivity contribution in [2.45, 2.75) is 20.3 Å². The van der Waals surface area contributed by atoms with Crippen molar-refractivity contribution in [1.29, 1.82) is 0 Å². The molecule has 3 aliphatic rings. The van der Waals surface area contributed by atoms with E-state index in [1.165, 1.54) is 6.42 Å². The van der Waals surface area contributed by atoms with Gasteiger partial charge >= 0.3 is 0 Å². The number of rotatable bonds is 0. The molecular formula is C11H14. The lowest BCUT2D eigenvalue weighted by Crippen LogP contribution is -1.99. The van der Waals surface area contributed by atoms with Crippen molar-refractivity contribution >= 4 is 0 Å². The Morgan fingerprint density at radius 1 is 1.18 bits per heavy atom. The summed E-state index contributed by atoms with van der Waals surface area (Å²) < 4.78 is 0. The van der Waals surface area contributed by atoms with Gasteiger partial charge in [0.2, 0.25) is 0 Å². The van der Waals surface area contributed by atoms with E-state index in [-0.39, 0.29) is 0 Å². The van der Waals surface area contributed by atoms with Crippen LogP contribution in [-0.4, -0.2) is 0 Å². The van der Waals surface area contributed by atoms with E-state index in [4.69, 9.17) is 0 Å². The monoisotopic (exact) mass is 146 g/mol. The molecule has 3 rings (SSSR count). The van der Waals surface area contributed by atoms with E-state index in [1.54, 1.807) is 11.1 Å². The summed E-state index contributed by atoms with van der Waals surface area (Å²) in [7, 11) is 0. The van der Waals surface area contributed by atoms with Gasteiger partial charge in [0, 0.05) is 11.8 Å². The Hall–Kier alpha value is -0.520. The second-order valence-corrected chi connectivity index (χ2v) is 4.46. The second-order valence-electron chi connectivity index (χ2n) is 4.46. The van der Waals surface area contributed by atoms with Gasteiger partial charge in [-0.15, -0.1) is 0 Å². The van der Waals surface area contributed by atoms with Crippen LogP contribution in [0.1, 0.15) is 20.3 Å². The second kappa shape index (κ2) is 1.63. The molecule has 2 saturated carbocycles. The van der Waals surface area contributed by atoms with E-state index in [2.05, 4.69) is 26.0 Å². The lowest BCUT2D eigenvalue weighted by Gasteiger charge is -2.11. The summed E-state index contributed by atoms with van der Waals surface area (Å²) in [6, 6.07) is 0. The fourth-order valence-corrected chi connectivity index (χ4v) is 3.14. The Morgan fingerprint density at radius 3 is 2.09 bits per heavy atom. The van der Waals surface area contributed by atoms with Crippen LogP contribution >= 0.6 is 0 Å². The summed E-state index contributed by atoms with van der Waals surface area (Å²) >= 11 is 0. The SMILES string of the molecule is CC(C)=C1C2C=CC1C1CC21. The Morgan fingerprint density at radius 2 is 1.73 bits per heavy atom. The summed E-state index contributed by atoms with van der Waals surface area (Å²) in [5.41, 5.74) is 3.35.